The van der Waals surface area contributed by atoms with Crippen LogP contribution in [0.3, 0.4) is 0 Å². The Morgan fingerprint density at radius 1 is 1.12 bits per heavy atom. The Labute approximate surface area is 195 Å². The molecule has 34 heavy (non-hydrogen) atoms. The molecular weight excluding hydrogens is 436 g/mol. The van der Waals surface area contributed by atoms with Crippen molar-refractivity contribution in [2.24, 2.45) is 0 Å². The van der Waals surface area contributed by atoms with Gasteiger partial charge in [0.25, 0.3) is 0 Å². The van der Waals surface area contributed by atoms with Crippen molar-refractivity contribution in [3.63, 3.8) is 0 Å². The number of aromatic nitrogens is 1. The van der Waals surface area contributed by atoms with Gasteiger partial charge in [-0.15, -0.1) is 0 Å². The number of fused-ring (bicyclic) bond motifs is 1. The summed E-state index contributed by atoms with van der Waals surface area (Å²) in [6.07, 6.45) is 0.145. The molecule has 0 spiro atoms. The first-order chi connectivity index (χ1) is 16.0. The highest BCUT2D eigenvalue weighted by Gasteiger charge is 2.33. The van der Waals surface area contributed by atoms with Crippen LogP contribution < -0.4 is 5.73 Å². The van der Waals surface area contributed by atoms with Gasteiger partial charge in [-0.1, -0.05) is 26.0 Å². The van der Waals surface area contributed by atoms with E-state index in [-0.39, 0.29) is 23.5 Å². The third-order valence-electron chi connectivity index (χ3n) is 6.05. The fourth-order valence-electron chi connectivity index (χ4n) is 4.43. The Morgan fingerprint density at radius 3 is 2.38 bits per heavy atom. The maximum Gasteiger partial charge on any atom is 0.335 e. The standard InChI is InChI=1S/C27H23F2N3O2/c1-15-12-19(8-9-20(15)29)32-22-14-18(28)13-21(31)24(22)23(25(32)27(2,3)10-11-30)16-4-6-17(7-5-16)26(33)34/h4-9,12-14H,10,31H2,1-3H3,(H,33,34). The van der Waals surface area contributed by atoms with Gasteiger partial charge in [-0.05, 0) is 60.5 Å². The third-order valence-corrected chi connectivity index (χ3v) is 6.05. The monoisotopic (exact) mass is 459 g/mol. The summed E-state index contributed by atoms with van der Waals surface area (Å²) in [5, 5.41) is 19.5. The number of nitrogen functional groups attached to an aromatic ring is 1. The maximum absolute atomic E-state index is 14.6. The normalized spacial score (nSPS) is 11.5. The van der Waals surface area contributed by atoms with Crippen LogP contribution in [0.2, 0.25) is 0 Å². The quantitative estimate of drug-likeness (QED) is 0.340. The van der Waals surface area contributed by atoms with E-state index in [4.69, 9.17) is 5.73 Å². The Hall–Kier alpha value is -4.18. The van der Waals surface area contributed by atoms with Crippen LogP contribution in [0.4, 0.5) is 14.5 Å². The van der Waals surface area contributed by atoms with Gasteiger partial charge in [-0.2, -0.15) is 5.26 Å². The predicted molar refractivity (Wildman–Crippen MR) is 128 cm³/mol. The molecular formula is C27H23F2N3O2. The number of carboxylic acid groups (broad SMARTS) is 1. The van der Waals surface area contributed by atoms with Crippen molar-refractivity contribution in [2.75, 3.05) is 5.73 Å². The summed E-state index contributed by atoms with van der Waals surface area (Å²) >= 11 is 0. The van der Waals surface area contributed by atoms with Crippen LogP contribution in [-0.4, -0.2) is 15.6 Å². The number of carbonyl (C=O) groups is 1. The van der Waals surface area contributed by atoms with E-state index < -0.39 is 17.2 Å². The van der Waals surface area contributed by atoms with Crippen LogP contribution in [0, 0.1) is 29.9 Å². The third kappa shape index (κ3) is 3.77. The molecule has 3 N–H and O–H groups in total. The first-order valence-electron chi connectivity index (χ1n) is 10.7. The molecule has 7 heteroatoms. The summed E-state index contributed by atoms with van der Waals surface area (Å²) in [6, 6.07) is 15.8. The number of hydrogen-bond acceptors (Lipinski definition) is 3. The molecule has 1 heterocycles. The number of nitriles is 1. The number of aryl methyl sites for hydroxylation is 1. The molecule has 172 valence electrons. The molecule has 5 nitrogen and oxygen atoms in total. The van der Waals surface area contributed by atoms with Crippen molar-refractivity contribution in [2.45, 2.75) is 32.6 Å². The second-order valence-electron chi connectivity index (χ2n) is 8.98. The van der Waals surface area contributed by atoms with Crippen LogP contribution >= 0.6 is 0 Å². The van der Waals surface area contributed by atoms with Crippen molar-refractivity contribution >= 4 is 22.6 Å². The van der Waals surface area contributed by atoms with Gasteiger partial charge >= 0.3 is 5.97 Å². The lowest BCUT2D eigenvalue weighted by atomic mass is 9.81. The van der Waals surface area contributed by atoms with Crippen molar-refractivity contribution in [1.82, 2.24) is 4.57 Å². The number of halogens is 2. The average Bonchev–Trinajstić information content (AvgIpc) is 3.12. The fourth-order valence-corrected chi connectivity index (χ4v) is 4.43. The zero-order chi connectivity index (χ0) is 24.8. The minimum atomic E-state index is -1.05. The Balaban J connectivity index is 2.21. The van der Waals surface area contributed by atoms with Crippen LogP contribution in [-0.2, 0) is 5.41 Å². The number of anilines is 1. The van der Waals surface area contributed by atoms with Gasteiger partial charge in [0, 0.05) is 39.9 Å². The van der Waals surface area contributed by atoms with Crippen LogP contribution in [0.5, 0.6) is 0 Å². The zero-order valence-corrected chi connectivity index (χ0v) is 19.0. The van der Waals surface area contributed by atoms with Crippen molar-refractivity contribution in [3.05, 3.63) is 83.1 Å². The summed E-state index contributed by atoms with van der Waals surface area (Å²) in [7, 11) is 0. The molecule has 0 aliphatic heterocycles. The zero-order valence-electron chi connectivity index (χ0n) is 19.0. The van der Waals surface area contributed by atoms with Crippen LogP contribution in [0.1, 0.15) is 41.9 Å². The number of carboxylic acids is 1. The molecule has 3 aromatic carbocycles. The van der Waals surface area contributed by atoms with Gasteiger partial charge in [0.2, 0.25) is 0 Å². The molecule has 0 amide bonds. The summed E-state index contributed by atoms with van der Waals surface area (Å²) in [5.41, 5.74) is 9.47. The number of nitrogens with zero attached hydrogens (tertiary/aromatic N) is 2. The molecule has 0 saturated carbocycles. The van der Waals surface area contributed by atoms with Gasteiger partial charge in [-0.3, -0.25) is 0 Å². The SMILES string of the molecule is Cc1cc(-n2c(C(C)(C)CC#N)c(-c3ccc(C(=O)O)cc3)c3c(N)cc(F)cc32)ccc1F. The molecule has 0 saturated heterocycles. The Bertz CT molecular complexity index is 1480. The number of benzene rings is 3. The highest BCUT2D eigenvalue weighted by molar-refractivity contribution is 6.07. The average molecular weight is 459 g/mol. The molecule has 0 unspecified atom stereocenters. The minimum Gasteiger partial charge on any atom is -0.478 e. The molecule has 1 aromatic heterocycles. The molecule has 0 bridgehead atoms. The second-order valence-corrected chi connectivity index (χ2v) is 8.98. The number of nitrogens with two attached hydrogens (primary N) is 1. The van der Waals surface area contributed by atoms with E-state index in [2.05, 4.69) is 6.07 Å². The first kappa shape index (κ1) is 23.0. The van der Waals surface area contributed by atoms with E-state index in [1.54, 1.807) is 31.2 Å². The summed E-state index contributed by atoms with van der Waals surface area (Å²) in [4.78, 5) is 11.4. The molecule has 0 radical (unpaired) electrons. The Kier molecular flexibility index (Phi) is 5.62. The number of aromatic carboxylic acids is 1. The predicted octanol–water partition coefficient (Wildman–Crippen LogP) is 6.36. The van der Waals surface area contributed by atoms with Crippen LogP contribution in [0.25, 0.3) is 27.7 Å². The van der Waals surface area contributed by atoms with Crippen molar-refractivity contribution < 1.29 is 18.7 Å². The van der Waals surface area contributed by atoms with Gasteiger partial charge in [0.1, 0.15) is 11.6 Å². The number of rotatable bonds is 5. The maximum atomic E-state index is 14.6. The fraction of sp³-hybridized carbons (Fsp3) is 0.185. The molecule has 0 aliphatic carbocycles. The molecule has 0 fully saturated rings. The lowest BCUT2D eigenvalue weighted by molar-refractivity contribution is 0.0697. The molecule has 0 aliphatic rings. The second kappa shape index (κ2) is 8.31. The first-order valence-corrected chi connectivity index (χ1v) is 10.7. The van der Waals surface area contributed by atoms with E-state index in [0.29, 0.717) is 39.0 Å². The summed E-state index contributed by atoms with van der Waals surface area (Å²) < 4.78 is 30.5. The minimum absolute atomic E-state index is 0.124. The van der Waals surface area contributed by atoms with Gasteiger partial charge in [0.15, 0.2) is 0 Å². The highest BCUT2D eigenvalue weighted by atomic mass is 19.1. The van der Waals surface area contributed by atoms with Gasteiger partial charge < -0.3 is 15.4 Å². The van der Waals surface area contributed by atoms with E-state index in [9.17, 15) is 23.9 Å². The smallest absolute Gasteiger partial charge is 0.335 e. The van der Waals surface area contributed by atoms with Gasteiger partial charge in [-0.25, -0.2) is 13.6 Å². The highest BCUT2D eigenvalue weighted by Crippen LogP contribution is 2.46. The topological polar surface area (TPSA) is 92.0 Å². The largest absolute Gasteiger partial charge is 0.478 e. The lowest BCUT2D eigenvalue weighted by Gasteiger charge is -2.27. The van der Waals surface area contributed by atoms with E-state index >= 15 is 0 Å². The molecule has 4 rings (SSSR count). The lowest BCUT2D eigenvalue weighted by Crippen LogP contribution is -2.22. The van der Waals surface area contributed by atoms with Crippen LogP contribution in [0.15, 0.2) is 54.6 Å². The molecule has 4 aromatic rings. The van der Waals surface area contributed by atoms with E-state index in [1.165, 1.54) is 30.3 Å². The summed E-state index contributed by atoms with van der Waals surface area (Å²) in [6.45, 7) is 5.45. The van der Waals surface area contributed by atoms with E-state index in [1.807, 2.05) is 18.4 Å². The summed E-state index contributed by atoms with van der Waals surface area (Å²) in [5.74, 6) is -1.95. The van der Waals surface area contributed by atoms with Gasteiger partial charge in [0.05, 0.1) is 17.1 Å². The Morgan fingerprint density at radius 2 is 1.79 bits per heavy atom. The van der Waals surface area contributed by atoms with Crippen molar-refractivity contribution in [1.29, 1.82) is 5.26 Å². The van der Waals surface area contributed by atoms with Crippen molar-refractivity contribution in [3.8, 4) is 22.9 Å². The number of hydrogen-bond donors (Lipinski definition) is 2. The molecule has 0 atom stereocenters. The van der Waals surface area contributed by atoms with E-state index in [0.717, 1.165) is 0 Å².